The molecule has 1 aliphatic rings. The largest absolute Gasteiger partial charge is 0.469 e. The molecule has 4 atom stereocenters. The van der Waals surface area contributed by atoms with E-state index in [1.54, 1.807) is 12.1 Å². The van der Waals surface area contributed by atoms with Gasteiger partial charge in [0.25, 0.3) is 0 Å². The molecule has 2 rings (SSSR count). The second-order valence-electron chi connectivity index (χ2n) is 5.81. The first-order valence-electron chi connectivity index (χ1n) is 7.14. The molecule has 1 saturated carbocycles. The molecule has 0 aliphatic heterocycles. The molecule has 7 heteroatoms. The number of hydrogen-bond donors (Lipinski definition) is 1. The number of hydrogen-bond acceptors (Lipinski definition) is 7. The normalized spacial score (nSPS) is 30.6. The number of esters is 2. The molecule has 0 bridgehead atoms. The Labute approximate surface area is 133 Å². The number of carbonyl (C=O) groups is 3. The number of aliphatic hydroxyl groups is 1. The molecule has 1 heterocycles. The lowest BCUT2D eigenvalue weighted by Gasteiger charge is -2.43. The van der Waals surface area contributed by atoms with E-state index in [4.69, 9.17) is 9.47 Å². The van der Waals surface area contributed by atoms with Gasteiger partial charge >= 0.3 is 11.9 Å². The maximum Gasteiger partial charge on any atom is 0.316 e. The molecule has 0 amide bonds. The van der Waals surface area contributed by atoms with Gasteiger partial charge in [0, 0.05) is 24.7 Å². The molecule has 23 heavy (non-hydrogen) atoms. The molecule has 0 unspecified atom stereocenters. The van der Waals surface area contributed by atoms with Crippen LogP contribution in [0.1, 0.15) is 24.8 Å². The van der Waals surface area contributed by atoms with Gasteiger partial charge in [-0.3, -0.25) is 19.4 Å². The van der Waals surface area contributed by atoms with Crippen LogP contribution in [0.25, 0.3) is 0 Å². The summed E-state index contributed by atoms with van der Waals surface area (Å²) < 4.78 is 9.52. The Morgan fingerprint density at radius 1 is 1.30 bits per heavy atom. The zero-order chi connectivity index (χ0) is 17.2. The summed E-state index contributed by atoms with van der Waals surface area (Å²) >= 11 is 0. The van der Waals surface area contributed by atoms with Crippen molar-refractivity contribution in [2.75, 3.05) is 14.2 Å². The van der Waals surface area contributed by atoms with Crippen molar-refractivity contribution in [3.8, 4) is 0 Å². The van der Waals surface area contributed by atoms with Crippen LogP contribution >= 0.6 is 0 Å². The molecule has 1 aromatic heterocycles. The minimum Gasteiger partial charge on any atom is -0.469 e. The molecule has 0 saturated heterocycles. The average molecular weight is 321 g/mol. The monoisotopic (exact) mass is 321 g/mol. The molecule has 0 radical (unpaired) electrons. The number of rotatable bonds is 3. The minimum absolute atomic E-state index is 0.330. The van der Waals surface area contributed by atoms with Crippen LogP contribution in [-0.4, -0.2) is 47.6 Å². The van der Waals surface area contributed by atoms with E-state index in [0.717, 1.165) is 0 Å². The maximum atomic E-state index is 12.4. The molecule has 0 aromatic carbocycles. The third-order valence-corrected chi connectivity index (χ3v) is 4.25. The Kier molecular flexibility index (Phi) is 4.79. The van der Waals surface area contributed by atoms with Gasteiger partial charge in [0.05, 0.1) is 25.7 Å². The average Bonchev–Trinajstić information content (AvgIpc) is 2.52. The van der Waals surface area contributed by atoms with Gasteiger partial charge in [-0.2, -0.15) is 0 Å². The van der Waals surface area contributed by atoms with Crippen LogP contribution in [0, 0.1) is 11.8 Å². The highest BCUT2D eigenvalue weighted by Gasteiger charge is 2.56. The zero-order valence-electron chi connectivity index (χ0n) is 13.2. The van der Waals surface area contributed by atoms with E-state index in [-0.39, 0.29) is 6.42 Å². The number of ether oxygens (including phenoxy) is 2. The molecular weight excluding hydrogens is 302 g/mol. The van der Waals surface area contributed by atoms with Gasteiger partial charge in [0.1, 0.15) is 5.92 Å². The summed E-state index contributed by atoms with van der Waals surface area (Å²) in [5, 5.41) is 10.6. The quantitative estimate of drug-likeness (QED) is 0.637. The summed E-state index contributed by atoms with van der Waals surface area (Å²) in [6.07, 6.45) is 2.67. The number of ketones is 1. The van der Waals surface area contributed by atoms with E-state index in [1.807, 2.05) is 0 Å². The smallest absolute Gasteiger partial charge is 0.316 e. The summed E-state index contributed by atoms with van der Waals surface area (Å²) in [4.78, 5) is 40.8. The first-order valence-corrected chi connectivity index (χ1v) is 7.14. The van der Waals surface area contributed by atoms with Gasteiger partial charge in [-0.05, 0) is 18.6 Å². The van der Waals surface area contributed by atoms with Crippen LogP contribution in [0.3, 0.4) is 0 Å². The Hall–Kier alpha value is -2.28. The summed E-state index contributed by atoms with van der Waals surface area (Å²) in [5.41, 5.74) is -1.14. The van der Waals surface area contributed by atoms with E-state index in [2.05, 4.69) is 4.98 Å². The Bertz CT molecular complexity index is 612. The molecular formula is C16H19NO6. The van der Waals surface area contributed by atoms with Crippen molar-refractivity contribution in [1.29, 1.82) is 0 Å². The zero-order valence-corrected chi connectivity index (χ0v) is 13.2. The van der Waals surface area contributed by atoms with Crippen molar-refractivity contribution < 1.29 is 29.0 Å². The van der Waals surface area contributed by atoms with E-state index in [1.165, 1.54) is 33.5 Å². The second-order valence-corrected chi connectivity index (χ2v) is 5.81. The molecule has 0 spiro atoms. The van der Waals surface area contributed by atoms with E-state index in [9.17, 15) is 19.5 Å². The van der Waals surface area contributed by atoms with Crippen LogP contribution in [0.2, 0.25) is 0 Å². The SMILES string of the molecule is COC(=O)[C@H]1C(=O)C[C@](C)(O)[C@@H](C(=O)OC)[C@H]1c1cccnc1. The molecule has 1 aliphatic carbocycles. The van der Waals surface area contributed by atoms with E-state index in [0.29, 0.717) is 5.56 Å². The lowest BCUT2D eigenvalue weighted by molar-refractivity contribution is -0.170. The number of pyridine rings is 1. The fourth-order valence-electron chi connectivity index (χ4n) is 3.24. The summed E-state index contributed by atoms with van der Waals surface area (Å²) in [5.74, 6) is -5.08. The van der Waals surface area contributed by atoms with Crippen LogP contribution in [0.4, 0.5) is 0 Å². The maximum absolute atomic E-state index is 12.4. The van der Waals surface area contributed by atoms with Crippen LogP contribution in [0.5, 0.6) is 0 Å². The van der Waals surface area contributed by atoms with Crippen molar-refractivity contribution in [2.45, 2.75) is 24.9 Å². The highest BCUT2D eigenvalue weighted by atomic mass is 16.5. The van der Waals surface area contributed by atoms with Gasteiger partial charge in [-0.1, -0.05) is 6.07 Å². The summed E-state index contributed by atoms with van der Waals surface area (Å²) in [6, 6.07) is 3.28. The van der Waals surface area contributed by atoms with Crippen molar-refractivity contribution in [3.63, 3.8) is 0 Å². The van der Waals surface area contributed by atoms with Crippen LogP contribution in [-0.2, 0) is 23.9 Å². The van der Waals surface area contributed by atoms with Crippen molar-refractivity contribution >= 4 is 17.7 Å². The number of aromatic nitrogens is 1. The predicted octanol–water partition coefficient (Wildman–Crippen LogP) is 0.467. The van der Waals surface area contributed by atoms with Crippen LogP contribution in [0.15, 0.2) is 24.5 Å². The lowest BCUT2D eigenvalue weighted by Crippen LogP contribution is -2.55. The first kappa shape index (κ1) is 17.1. The van der Waals surface area contributed by atoms with Gasteiger partial charge < -0.3 is 14.6 Å². The molecule has 124 valence electrons. The van der Waals surface area contributed by atoms with Gasteiger partial charge in [0.2, 0.25) is 0 Å². The number of nitrogens with zero attached hydrogens (tertiary/aromatic N) is 1. The van der Waals surface area contributed by atoms with E-state index < -0.39 is 41.1 Å². The third kappa shape index (κ3) is 3.10. The van der Waals surface area contributed by atoms with Crippen molar-refractivity contribution in [1.82, 2.24) is 4.98 Å². The summed E-state index contributed by atoms with van der Waals surface area (Å²) in [6.45, 7) is 1.39. The van der Waals surface area contributed by atoms with Gasteiger partial charge in [0.15, 0.2) is 5.78 Å². The molecule has 1 N–H and O–H groups in total. The molecule has 1 fully saturated rings. The first-order chi connectivity index (χ1) is 10.8. The highest BCUT2D eigenvalue weighted by molar-refractivity contribution is 6.02. The minimum atomic E-state index is -1.63. The van der Waals surface area contributed by atoms with Crippen molar-refractivity contribution in [2.24, 2.45) is 11.8 Å². The topological polar surface area (TPSA) is 103 Å². The second kappa shape index (κ2) is 6.45. The number of carbonyl (C=O) groups excluding carboxylic acids is 3. The Morgan fingerprint density at radius 2 is 1.96 bits per heavy atom. The van der Waals surface area contributed by atoms with Gasteiger partial charge in [-0.15, -0.1) is 0 Å². The van der Waals surface area contributed by atoms with Crippen LogP contribution < -0.4 is 0 Å². The highest BCUT2D eigenvalue weighted by Crippen LogP contribution is 2.46. The number of Topliss-reactive ketones (excluding diaryl/α,β-unsaturated/α-hetero) is 1. The number of methoxy groups -OCH3 is 2. The lowest BCUT2D eigenvalue weighted by atomic mass is 9.62. The van der Waals surface area contributed by atoms with Gasteiger partial charge in [-0.25, -0.2) is 0 Å². The third-order valence-electron chi connectivity index (χ3n) is 4.25. The standard InChI is InChI=1S/C16H19NO6/c1-16(21)7-10(18)12(14(19)22-2)11(13(16)15(20)23-3)9-5-4-6-17-8-9/h4-6,8,11-13,21H,7H2,1-3H3/t11-,12-,13+,16-/m0/s1. The fourth-order valence-corrected chi connectivity index (χ4v) is 3.24. The molecule has 7 nitrogen and oxygen atoms in total. The predicted molar refractivity (Wildman–Crippen MR) is 78.2 cm³/mol. The fraction of sp³-hybridized carbons (Fsp3) is 0.500. The Morgan fingerprint density at radius 3 is 2.48 bits per heavy atom. The van der Waals surface area contributed by atoms with Crippen molar-refractivity contribution in [3.05, 3.63) is 30.1 Å². The molecule has 1 aromatic rings. The summed E-state index contributed by atoms with van der Waals surface area (Å²) in [7, 11) is 2.37. The van der Waals surface area contributed by atoms with E-state index >= 15 is 0 Å². The Balaban J connectivity index is 2.61.